The molecule has 2 aromatic carbocycles. The van der Waals surface area contributed by atoms with E-state index in [1.54, 1.807) is 37.4 Å². The predicted molar refractivity (Wildman–Crippen MR) is 104 cm³/mol. The lowest BCUT2D eigenvalue weighted by Gasteiger charge is -2.04. The number of benzene rings is 2. The van der Waals surface area contributed by atoms with Crippen molar-refractivity contribution >= 4 is 39.9 Å². The van der Waals surface area contributed by atoms with E-state index in [1.807, 2.05) is 13.0 Å². The van der Waals surface area contributed by atoms with Crippen molar-refractivity contribution in [3.63, 3.8) is 0 Å². The van der Waals surface area contributed by atoms with Gasteiger partial charge in [0.2, 0.25) is 5.71 Å². The fourth-order valence-corrected chi connectivity index (χ4v) is 2.60. The van der Waals surface area contributed by atoms with Gasteiger partial charge in [0.25, 0.3) is 0 Å². The van der Waals surface area contributed by atoms with E-state index >= 15 is 0 Å². The third-order valence-electron chi connectivity index (χ3n) is 3.74. The molecule has 1 heterocycles. The van der Waals surface area contributed by atoms with Gasteiger partial charge in [0.1, 0.15) is 22.9 Å². The third kappa shape index (κ3) is 3.65. The van der Waals surface area contributed by atoms with Crippen LogP contribution in [0.25, 0.3) is 16.7 Å². The van der Waals surface area contributed by atoms with Crippen molar-refractivity contribution in [3.8, 4) is 17.5 Å². The molecule has 0 saturated carbocycles. The van der Waals surface area contributed by atoms with Crippen LogP contribution < -0.4 is 15.9 Å². The van der Waals surface area contributed by atoms with Gasteiger partial charge in [-0.1, -0.05) is 11.6 Å². The second-order valence-corrected chi connectivity index (χ2v) is 5.97. The number of nitrogens with two attached hydrogens (primary N) is 1. The zero-order valence-corrected chi connectivity index (χ0v) is 15.2. The summed E-state index contributed by atoms with van der Waals surface area (Å²) < 4.78 is 5.15. The van der Waals surface area contributed by atoms with Crippen LogP contribution >= 0.6 is 11.6 Å². The molecule has 3 aromatic rings. The molecular weight excluding hydrogens is 368 g/mol. The van der Waals surface area contributed by atoms with E-state index in [4.69, 9.17) is 32.7 Å². The summed E-state index contributed by atoms with van der Waals surface area (Å²) in [4.78, 5) is 1.47. The molecule has 0 atom stereocenters. The largest absolute Gasteiger partial charge is 0.495 e. The summed E-state index contributed by atoms with van der Waals surface area (Å²) in [5.74, 6) is 0.155. The Kier molecular flexibility index (Phi) is 4.92. The zero-order chi connectivity index (χ0) is 19.6. The van der Waals surface area contributed by atoms with Gasteiger partial charge in [0.15, 0.2) is 5.84 Å². The van der Waals surface area contributed by atoms with Gasteiger partial charge >= 0.3 is 0 Å². The van der Waals surface area contributed by atoms with Gasteiger partial charge in [0, 0.05) is 0 Å². The lowest BCUT2D eigenvalue weighted by Crippen LogP contribution is -2.21. The average Bonchev–Trinajstić information content (AvgIpc) is 3.04. The molecule has 0 fully saturated rings. The maximum atomic E-state index is 8.92. The van der Waals surface area contributed by atoms with E-state index in [0.717, 1.165) is 5.56 Å². The molecule has 0 amide bonds. The number of nitrogens with zero attached hydrogens (tertiary/aromatic N) is 5. The number of hydrogen-bond acceptors (Lipinski definition) is 7. The Hall–Kier alpha value is -3.64. The normalized spacial score (nSPS) is 11.3. The van der Waals surface area contributed by atoms with E-state index in [1.165, 1.54) is 4.80 Å². The van der Waals surface area contributed by atoms with Crippen LogP contribution in [-0.2, 0) is 0 Å². The maximum Gasteiger partial charge on any atom is 0.201 e. The maximum absolute atomic E-state index is 8.92. The standard InChI is InChI=1S/C17H15ClN8O/c1-9-5-13-14(7-12(9)22-23-15(8-19)17(20)21)25-26(24-13)10-3-4-16(27-2)11(18)6-10/h3-7,22H,1-2H3,(H3,20,21)/b23-15+. The second kappa shape index (κ2) is 7.31. The number of nitrogens with one attached hydrogen (secondary N) is 2. The predicted octanol–water partition coefficient (Wildman–Crippen LogP) is 2.62. The Morgan fingerprint density at radius 1 is 1.33 bits per heavy atom. The number of nitriles is 1. The average molecular weight is 383 g/mol. The fourth-order valence-electron chi connectivity index (χ4n) is 2.35. The van der Waals surface area contributed by atoms with Crippen molar-refractivity contribution in [1.82, 2.24) is 15.0 Å². The molecule has 0 unspecified atom stereocenters. The van der Waals surface area contributed by atoms with Crippen molar-refractivity contribution in [1.29, 1.82) is 10.7 Å². The van der Waals surface area contributed by atoms with Crippen LogP contribution in [0.2, 0.25) is 5.02 Å². The van der Waals surface area contributed by atoms with Crippen molar-refractivity contribution < 1.29 is 4.74 Å². The highest BCUT2D eigenvalue weighted by molar-refractivity contribution is 6.45. The van der Waals surface area contributed by atoms with Crippen LogP contribution in [0.3, 0.4) is 0 Å². The highest BCUT2D eigenvalue weighted by Crippen LogP contribution is 2.27. The summed E-state index contributed by atoms with van der Waals surface area (Å²) in [6, 6.07) is 10.6. The number of aromatic nitrogens is 3. The Morgan fingerprint density at radius 2 is 2.04 bits per heavy atom. The van der Waals surface area contributed by atoms with Crippen LogP contribution in [0.5, 0.6) is 5.75 Å². The Morgan fingerprint density at radius 3 is 2.63 bits per heavy atom. The van der Waals surface area contributed by atoms with Crippen LogP contribution in [0.15, 0.2) is 35.4 Å². The summed E-state index contributed by atoms with van der Waals surface area (Å²) in [6.45, 7) is 1.86. The number of amidine groups is 1. The highest BCUT2D eigenvalue weighted by Gasteiger charge is 2.10. The lowest BCUT2D eigenvalue weighted by molar-refractivity contribution is 0.415. The molecule has 4 N–H and O–H groups in total. The first-order valence-corrected chi connectivity index (χ1v) is 8.10. The highest BCUT2D eigenvalue weighted by atomic mass is 35.5. The summed E-state index contributed by atoms with van der Waals surface area (Å²) in [5.41, 5.74) is 11.3. The first kappa shape index (κ1) is 18.2. The number of hydrazone groups is 1. The number of ether oxygens (including phenoxy) is 1. The molecule has 9 nitrogen and oxygen atoms in total. The number of methoxy groups -OCH3 is 1. The van der Waals surface area contributed by atoms with Crippen molar-refractivity contribution in [3.05, 3.63) is 40.9 Å². The van der Waals surface area contributed by atoms with Gasteiger partial charge in [-0.2, -0.15) is 15.2 Å². The number of anilines is 1. The number of halogens is 1. The van der Waals surface area contributed by atoms with Gasteiger partial charge in [-0.3, -0.25) is 10.8 Å². The molecule has 0 aliphatic heterocycles. The minimum absolute atomic E-state index is 0.203. The summed E-state index contributed by atoms with van der Waals surface area (Å²) in [6.07, 6.45) is 0. The minimum atomic E-state index is -0.411. The SMILES string of the molecule is COc1ccc(-n2nc3cc(C)c(N/N=C(\C#N)C(=N)N)cc3n2)cc1Cl. The number of rotatable bonds is 5. The second-order valence-electron chi connectivity index (χ2n) is 5.56. The molecule has 0 bridgehead atoms. The van der Waals surface area contributed by atoms with Gasteiger partial charge in [-0.05, 0) is 42.8 Å². The van der Waals surface area contributed by atoms with Crippen molar-refractivity contribution in [2.75, 3.05) is 12.5 Å². The Bertz CT molecular complexity index is 1110. The minimum Gasteiger partial charge on any atom is -0.495 e. The topological polar surface area (TPSA) is 138 Å². The summed E-state index contributed by atoms with van der Waals surface area (Å²) in [7, 11) is 1.55. The van der Waals surface area contributed by atoms with E-state index in [2.05, 4.69) is 20.7 Å². The monoisotopic (exact) mass is 382 g/mol. The molecule has 27 heavy (non-hydrogen) atoms. The number of fused-ring (bicyclic) bond motifs is 1. The number of aryl methyl sites for hydroxylation is 1. The van der Waals surface area contributed by atoms with Crippen LogP contribution in [0, 0.1) is 23.7 Å². The van der Waals surface area contributed by atoms with Crippen molar-refractivity contribution in [2.45, 2.75) is 6.92 Å². The number of hydrogen-bond donors (Lipinski definition) is 3. The van der Waals surface area contributed by atoms with E-state index in [0.29, 0.717) is 33.2 Å². The fraction of sp³-hybridized carbons (Fsp3) is 0.118. The molecule has 10 heteroatoms. The van der Waals surface area contributed by atoms with Crippen LogP contribution in [-0.4, -0.2) is 33.7 Å². The Balaban J connectivity index is 1.98. The van der Waals surface area contributed by atoms with E-state index < -0.39 is 5.84 Å². The van der Waals surface area contributed by atoms with Gasteiger partial charge in [-0.15, -0.1) is 10.2 Å². The van der Waals surface area contributed by atoms with Crippen molar-refractivity contribution in [2.24, 2.45) is 10.8 Å². The molecular formula is C17H15ClN8O. The molecule has 136 valence electrons. The van der Waals surface area contributed by atoms with Gasteiger partial charge in [0.05, 0.1) is 23.5 Å². The molecule has 0 radical (unpaired) electrons. The molecule has 0 saturated heterocycles. The Labute approximate surface area is 159 Å². The van der Waals surface area contributed by atoms with Gasteiger partial charge in [-0.25, -0.2) is 0 Å². The third-order valence-corrected chi connectivity index (χ3v) is 4.04. The summed E-state index contributed by atoms with van der Waals surface area (Å²) >= 11 is 6.17. The first-order chi connectivity index (χ1) is 12.9. The smallest absolute Gasteiger partial charge is 0.201 e. The molecule has 0 spiro atoms. The lowest BCUT2D eigenvalue weighted by atomic mass is 10.2. The van der Waals surface area contributed by atoms with E-state index in [9.17, 15) is 0 Å². The van der Waals surface area contributed by atoms with Gasteiger partial charge < -0.3 is 10.5 Å². The first-order valence-electron chi connectivity index (χ1n) is 7.72. The van der Waals surface area contributed by atoms with Crippen LogP contribution in [0.4, 0.5) is 5.69 Å². The van der Waals surface area contributed by atoms with E-state index in [-0.39, 0.29) is 5.71 Å². The molecule has 0 aliphatic carbocycles. The quantitative estimate of drug-likeness (QED) is 0.352. The molecule has 1 aromatic heterocycles. The molecule has 3 rings (SSSR count). The summed E-state index contributed by atoms with van der Waals surface area (Å²) in [5, 5.41) is 29.4. The van der Waals surface area contributed by atoms with Crippen LogP contribution in [0.1, 0.15) is 5.56 Å². The molecule has 0 aliphatic rings. The zero-order valence-electron chi connectivity index (χ0n) is 14.5.